The summed E-state index contributed by atoms with van der Waals surface area (Å²) in [7, 11) is 0. The number of fused-ring (bicyclic) bond motifs is 6. The topological polar surface area (TPSA) is 135 Å². The fourth-order valence-electron chi connectivity index (χ4n) is 7.87. The van der Waals surface area contributed by atoms with E-state index in [1.165, 1.54) is 0 Å². The minimum absolute atomic E-state index is 0.0325. The van der Waals surface area contributed by atoms with Crippen LogP contribution in [0.15, 0.2) is 108 Å². The number of phenols is 6. The quantitative estimate of drug-likeness (QED) is 0.0821. The van der Waals surface area contributed by atoms with Crippen molar-refractivity contribution in [2.45, 2.75) is 19.3 Å². The Hall–Kier alpha value is -6.60. The standard InChI is InChI=1S/C43H30O7/c1-21-10-9-17-28-29(21)32(27-16-8-7-15-26(27)30(28)25-19-18-22-11-5-6-14-24(22)20-25)33-34-35-37(45)39(47)40(48)41(49)43(35)50-42(34)38(46)31(36(33)44)23-12-3-2-4-13-23/h2-9,11-21,44-49H,10H2,1H3. The molecule has 0 fully saturated rings. The van der Waals surface area contributed by atoms with Gasteiger partial charge in [-0.05, 0) is 73.3 Å². The molecule has 9 rings (SSSR count). The van der Waals surface area contributed by atoms with Crippen LogP contribution in [0.4, 0.5) is 0 Å². The van der Waals surface area contributed by atoms with Gasteiger partial charge in [0.05, 0.1) is 10.9 Å². The lowest BCUT2D eigenvalue weighted by Crippen LogP contribution is -2.07. The van der Waals surface area contributed by atoms with E-state index in [1.54, 1.807) is 24.3 Å². The minimum atomic E-state index is -0.969. The van der Waals surface area contributed by atoms with E-state index in [-0.39, 0.29) is 44.7 Å². The molecule has 0 spiro atoms. The summed E-state index contributed by atoms with van der Waals surface area (Å²) in [5.41, 5.74) is 4.98. The molecule has 0 aliphatic heterocycles. The number of phenolic OH excluding ortho intramolecular Hbond substituents is 6. The van der Waals surface area contributed by atoms with Crippen LogP contribution in [0, 0.1) is 0 Å². The molecule has 1 heterocycles. The molecular weight excluding hydrogens is 628 g/mol. The largest absolute Gasteiger partial charge is 0.506 e. The van der Waals surface area contributed by atoms with E-state index in [2.05, 4.69) is 49.4 Å². The molecule has 244 valence electrons. The molecule has 1 unspecified atom stereocenters. The van der Waals surface area contributed by atoms with Crippen LogP contribution in [0.1, 0.15) is 30.4 Å². The summed E-state index contributed by atoms with van der Waals surface area (Å²) in [4.78, 5) is 0. The van der Waals surface area contributed by atoms with E-state index in [4.69, 9.17) is 4.42 Å². The summed E-state index contributed by atoms with van der Waals surface area (Å²) in [5.74, 6) is -4.24. The Labute approximate surface area is 285 Å². The first-order chi connectivity index (χ1) is 24.3. The van der Waals surface area contributed by atoms with Crippen molar-refractivity contribution in [3.8, 4) is 67.9 Å². The number of allylic oxidation sites excluding steroid dienone is 1. The normalized spacial score (nSPS) is 14.2. The van der Waals surface area contributed by atoms with Gasteiger partial charge in [0.25, 0.3) is 0 Å². The zero-order chi connectivity index (χ0) is 34.4. The average molecular weight is 659 g/mol. The highest BCUT2D eigenvalue weighted by Crippen LogP contribution is 2.60. The lowest BCUT2D eigenvalue weighted by molar-refractivity contribution is 0.348. The molecule has 6 N–H and O–H groups in total. The van der Waals surface area contributed by atoms with E-state index < -0.39 is 28.7 Å². The molecule has 1 atom stereocenters. The van der Waals surface area contributed by atoms with E-state index >= 15 is 0 Å². The second-order valence-corrected chi connectivity index (χ2v) is 12.9. The molecule has 8 aromatic rings. The van der Waals surface area contributed by atoms with Crippen molar-refractivity contribution in [2.75, 3.05) is 0 Å². The molecule has 50 heavy (non-hydrogen) atoms. The third-order valence-corrected chi connectivity index (χ3v) is 10.1. The molecule has 7 aromatic carbocycles. The summed E-state index contributed by atoms with van der Waals surface area (Å²) < 4.78 is 6.07. The van der Waals surface area contributed by atoms with Crippen molar-refractivity contribution >= 4 is 49.6 Å². The van der Waals surface area contributed by atoms with Crippen LogP contribution < -0.4 is 0 Å². The molecular formula is C43H30O7. The Balaban J connectivity index is 1.52. The van der Waals surface area contributed by atoms with Crippen molar-refractivity contribution in [2.24, 2.45) is 0 Å². The molecule has 0 bridgehead atoms. The van der Waals surface area contributed by atoms with Crippen LogP contribution in [0.25, 0.3) is 82.9 Å². The van der Waals surface area contributed by atoms with Crippen LogP contribution in [-0.4, -0.2) is 30.6 Å². The molecule has 0 saturated heterocycles. The van der Waals surface area contributed by atoms with Crippen LogP contribution in [-0.2, 0) is 0 Å². The smallest absolute Gasteiger partial charge is 0.208 e. The molecule has 0 amide bonds. The molecule has 0 saturated carbocycles. The Morgan fingerprint density at radius 2 is 1.16 bits per heavy atom. The fraction of sp³-hybridized carbons (Fsp3) is 0.0698. The van der Waals surface area contributed by atoms with Crippen molar-refractivity contribution in [1.82, 2.24) is 0 Å². The van der Waals surface area contributed by atoms with Gasteiger partial charge in [0.2, 0.25) is 17.2 Å². The Morgan fingerprint density at radius 1 is 0.520 bits per heavy atom. The first-order valence-corrected chi connectivity index (χ1v) is 16.4. The van der Waals surface area contributed by atoms with Gasteiger partial charge >= 0.3 is 0 Å². The summed E-state index contributed by atoms with van der Waals surface area (Å²) in [6, 6.07) is 31.5. The number of hydrogen-bond donors (Lipinski definition) is 6. The van der Waals surface area contributed by atoms with Crippen LogP contribution >= 0.6 is 0 Å². The maximum atomic E-state index is 12.5. The van der Waals surface area contributed by atoms with E-state index in [1.807, 2.05) is 42.5 Å². The highest BCUT2D eigenvalue weighted by molar-refractivity contribution is 6.25. The molecule has 1 aliphatic carbocycles. The SMILES string of the molecule is CC1CC=Cc2c1c(-c1c(O)c(-c3ccccc3)c(O)c3oc4c(O)c(O)c(O)c(O)c4c13)c1ccccc1c2-c1ccc2ccccc2c1. The summed E-state index contributed by atoms with van der Waals surface area (Å²) >= 11 is 0. The highest BCUT2D eigenvalue weighted by atomic mass is 16.4. The van der Waals surface area contributed by atoms with E-state index in [0.717, 1.165) is 50.2 Å². The lowest BCUT2D eigenvalue weighted by Gasteiger charge is -2.28. The summed E-state index contributed by atoms with van der Waals surface area (Å²) in [5, 5.41) is 71.6. The number of furan rings is 1. The van der Waals surface area contributed by atoms with Crippen LogP contribution in [0.3, 0.4) is 0 Å². The van der Waals surface area contributed by atoms with Gasteiger partial charge in [0, 0.05) is 10.9 Å². The van der Waals surface area contributed by atoms with Gasteiger partial charge in [0.15, 0.2) is 22.7 Å². The second-order valence-electron chi connectivity index (χ2n) is 12.9. The first kappa shape index (κ1) is 29.5. The third-order valence-electron chi connectivity index (χ3n) is 10.1. The zero-order valence-electron chi connectivity index (χ0n) is 26.8. The van der Waals surface area contributed by atoms with Gasteiger partial charge in [-0.3, -0.25) is 0 Å². The maximum Gasteiger partial charge on any atom is 0.208 e. The third kappa shape index (κ3) is 3.97. The molecule has 1 aromatic heterocycles. The molecule has 7 nitrogen and oxygen atoms in total. The van der Waals surface area contributed by atoms with Crippen LogP contribution in [0.2, 0.25) is 0 Å². The van der Waals surface area contributed by atoms with Crippen molar-refractivity contribution < 1.29 is 35.1 Å². The number of rotatable bonds is 3. The van der Waals surface area contributed by atoms with Gasteiger partial charge in [-0.2, -0.15) is 0 Å². The monoisotopic (exact) mass is 658 g/mol. The van der Waals surface area contributed by atoms with E-state index in [9.17, 15) is 30.6 Å². The van der Waals surface area contributed by atoms with Gasteiger partial charge in [-0.1, -0.05) is 110 Å². The molecule has 1 aliphatic rings. The molecule has 7 heteroatoms. The highest BCUT2D eigenvalue weighted by Gasteiger charge is 2.34. The van der Waals surface area contributed by atoms with Gasteiger partial charge in [-0.15, -0.1) is 0 Å². The zero-order valence-corrected chi connectivity index (χ0v) is 26.8. The number of aromatic hydroxyl groups is 6. The van der Waals surface area contributed by atoms with Crippen molar-refractivity contribution in [1.29, 1.82) is 0 Å². The predicted molar refractivity (Wildman–Crippen MR) is 197 cm³/mol. The summed E-state index contributed by atoms with van der Waals surface area (Å²) in [6.07, 6.45) is 4.98. The Morgan fingerprint density at radius 3 is 1.92 bits per heavy atom. The fourth-order valence-corrected chi connectivity index (χ4v) is 7.87. The summed E-state index contributed by atoms with van der Waals surface area (Å²) in [6.45, 7) is 2.12. The first-order valence-electron chi connectivity index (χ1n) is 16.4. The average Bonchev–Trinajstić information content (AvgIpc) is 3.54. The number of hydrogen-bond acceptors (Lipinski definition) is 7. The van der Waals surface area contributed by atoms with E-state index in [0.29, 0.717) is 11.1 Å². The van der Waals surface area contributed by atoms with Crippen molar-refractivity contribution in [3.05, 3.63) is 114 Å². The van der Waals surface area contributed by atoms with Gasteiger partial charge in [0.1, 0.15) is 5.75 Å². The van der Waals surface area contributed by atoms with Crippen molar-refractivity contribution in [3.63, 3.8) is 0 Å². The minimum Gasteiger partial charge on any atom is -0.506 e. The second kappa shape index (κ2) is 10.7. The number of benzene rings is 7. The van der Waals surface area contributed by atoms with Crippen LogP contribution in [0.5, 0.6) is 34.5 Å². The predicted octanol–water partition coefficient (Wildman–Crippen LogP) is 10.6. The lowest BCUT2D eigenvalue weighted by atomic mass is 9.75. The van der Waals surface area contributed by atoms with Gasteiger partial charge < -0.3 is 35.1 Å². The molecule has 0 radical (unpaired) electrons. The maximum absolute atomic E-state index is 12.5. The Bertz CT molecular complexity index is 2760. The Kier molecular flexibility index (Phi) is 6.32. The van der Waals surface area contributed by atoms with Gasteiger partial charge in [-0.25, -0.2) is 0 Å².